The number of amides is 1. The maximum Gasteiger partial charge on any atom is 0.223 e. The van der Waals surface area contributed by atoms with Crippen LogP contribution in [-0.2, 0) is 11.3 Å². The molecule has 1 aliphatic heterocycles. The quantitative estimate of drug-likeness (QED) is 0.427. The first-order chi connectivity index (χ1) is 17.8. The standard InChI is InChI=1S/C29H35N7O/c1-19-6-10-25(11-7-19)36-21(3)26-20(2)31-32-28(27(26)33-36)35-16-14-23(15-17-35)29(37)30-18-22-8-12-24(13-9-22)34(4)5/h6-13,23H,14-18H2,1-5H3,(H,30,37). The van der Waals surface area contributed by atoms with Gasteiger partial charge in [0.05, 0.1) is 22.5 Å². The van der Waals surface area contributed by atoms with Crippen LogP contribution < -0.4 is 15.1 Å². The van der Waals surface area contributed by atoms with Gasteiger partial charge in [-0.05, 0) is 63.4 Å². The van der Waals surface area contributed by atoms with Gasteiger partial charge in [-0.3, -0.25) is 4.79 Å². The molecule has 4 aromatic rings. The maximum absolute atomic E-state index is 12.9. The fourth-order valence-corrected chi connectivity index (χ4v) is 5.06. The Morgan fingerprint density at radius 1 is 0.973 bits per heavy atom. The second-order valence-corrected chi connectivity index (χ2v) is 10.2. The van der Waals surface area contributed by atoms with Crippen LogP contribution in [0.1, 0.15) is 35.4 Å². The van der Waals surface area contributed by atoms with E-state index in [1.54, 1.807) is 0 Å². The van der Waals surface area contributed by atoms with E-state index < -0.39 is 0 Å². The van der Waals surface area contributed by atoms with Gasteiger partial charge < -0.3 is 15.1 Å². The van der Waals surface area contributed by atoms with Crippen LogP contribution in [0.2, 0.25) is 0 Å². The minimum Gasteiger partial charge on any atom is -0.378 e. The Morgan fingerprint density at radius 2 is 1.65 bits per heavy atom. The molecule has 3 heterocycles. The van der Waals surface area contributed by atoms with E-state index in [2.05, 4.69) is 87.7 Å². The number of aromatic nitrogens is 4. The van der Waals surface area contributed by atoms with Gasteiger partial charge in [0, 0.05) is 45.3 Å². The van der Waals surface area contributed by atoms with E-state index in [-0.39, 0.29) is 11.8 Å². The molecule has 0 spiro atoms. The third kappa shape index (κ3) is 5.01. The van der Waals surface area contributed by atoms with Crippen LogP contribution >= 0.6 is 0 Å². The molecule has 1 N–H and O–H groups in total. The summed E-state index contributed by atoms with van der Waals surface area (Å²) in [6.07, 6.45) is 1.56. The van der Waals surface area contributed by atoms with E-state index in [4.69, 9.17) is 5.10 Å². The lowest BCUT2D eigenvalue weighted by atomic mass is 9.95. The van der Waals surface area contributed by atoms with Crippen LogP contribution in [0.4, 0.5) is 11.5 Å². The molecule has 0 radical (unpaired) electrons. The molecule has 0 bridgehead atoms. The summed E-state index contributed by atoms with van der Waals surface area (Å²) in [6, 6.07) is 16.7. The highest BCUT2D eigenvalue weighted by molar-refractivity contribution is 5.92. The van der Waals surface area contributed by atoms with Gasteiger partial charge in [-0.25, -0.2) is 4.68 Å². The number of aryl methyl sites for hydroxylation is 3. The van der Waals surface area contributed by atoms with Crippen molar-refractivity contribution < 1.29 is 4.79 Å². The molecule has 37 heavy (non-hydrogen) atoms. The highest BCUT2D eigenvalue weighted by atomic mass is 16.1. The Kier molecular flexibility index (Phi) is 6.82. The molecule has 1 saturated heterocycles. The van der Waals surface area contributed by atoms with Crippen molar-refractivity contribution in [2.45, 2.75) is 40.2 Å². The fourth-order valence-electron chi connectivity index (χ4n) is 5.06. The summed E-state index contributed by atoms with van der Waals surface area (Å²) in [5.74, 6) is 0.920. The molecule has 2 aromatic heterocycles. The van der Waals surface area contributed by atoms with E-state index in [9.17, 15) is 4.79 Å². The molecule has 0 aliphatic carbocycles. The van der Waals surface area contributed by atoms with E-state index in [0.717, 1.165) is 71.0 Å². The second-order valence-electron chi connectivity index (χ2n) is 10.2. The van der Waals surface area contributed by atoms with Crippen LogP contribution in [0.5, 0.6) is 0 Å². The van der Waals surface area contributed by atoms with Gasteiger partial charge >= 0.3 is 0 Å². The molecule has 192 valence electrons. The third-order valence-electron chi connectivity index (χ3n) is 7.35. The largest absolute Gasteiger partial charge is 0.378 e. The highest BCUT2D eigenvalue weighted by Gasteiger charge is 2.28. The van der Waals surface area contributed by atoms with Crippen molar-refractivity contribution in [1.29, 1.82) is 0 Å². The summed E-state index contributed by atoms with van der Waals surface area (Å²) in [5, 5.41) is 18.2. The Balaban J connectivity index is 1.27. The summed E-state index contributed by atoms with van der Waals surface area (Å²) in [4.78, 5) is 17.2. The van der Waals surface area contributed by atoms with Crippen LogP contribution in [0, 0.1) is 26.7 Å². The Morgan fingerprint density at radius 3 is 2.30 bits per heavy atom. The van der Waals surface area contributed by atoms with Crippen molar-refractivity contribution in [2.24, 2.45) is 5.92 Å². The monoisotopic (exact) mass is 497 g/mol. The topological polar surface area (TPSA) is 79.2 Å². The zero-order chi connectivity index (χ0) is 26.1. The first-order valence-corrected chi connectivity index (χ1v) is 12.9. The van der Waals surface area contributed by atoms with Gasteiger partial charge in [-0.15, -0.1) is 5.10 Å². The van der Waals surface area contributed by atoms with E-state index in [1.807, 2.05) is 25.7 Å². The Labute approximate surface area is 218 Å². The third-order valence-corrected chi connectivity index (χ3v) is 7.35. The first kappa shape index (κ1) is 24.7. The number of carbonyl (C=O) groups excluding carboxylic acids is 1. The average molecular weight is 498 g/mol. The number of fused-ring (bicyclic) bond motifs is 1. The minimum absolute atomic E-state index is 0.00181. The zero-order valence-electron chi connectivity index (χ0n) is 22.3. The van der Waals surface area contributed by atoms with E-state index in [0.29, 0.717) is 6.54 Å². The Hall–Kier alpha value is -3.94. The van der Waals surface area contributed by atoms with Gasteiger partial charge in [0.2, 0.25) is 5.91 Å². The van der Waals surface area contributed by atoms with Crippen LogP contribution in [0.3, 0.4) is 0 Å². The fraction of sp³-hybridized carbons (Fsp3) is 0.379. The van der Waals surface area contributed by atoms with Gasteiger partial charge in [0.1, 0.15) is 5.52 Å². The highest BCUT2D eigenvalue weighted by Crippen LogP contribution is 2.31. The number of anilines is 2. The molecular formula is C29H35N7O. The molecule has 8 nitrogen and oxygen atoms in total. The number of rotatable bonds is 6. The summed E-state index contributed by atoms with van der Waals surface area (Å²) in [6.45, 7) is 8.19. The predicted octanol–water partition coefficient (Wildman–Crippen LogP) is 4.34. The van der Waals surface area contributed by atoms with Crippen LogP contribution in [0.25, 0.3) is 16.6 Å². The van der Waals surface area contributed by atoms with Crippen molar-refractivity contribution in [3.8, 4) is 5.69 Å². The number of benzene rings is 2. The number of nitrogens with one attached hydrogen (secondary N) is 1. The number of hydrogen-bond donors (Lipinski definition) is 1. The average Bonchev–Trinajstić information content (AvgIpc) is 3.26. The summed E-state index contributed by atoms with van der Waals surface area (Å²) < 4.78 is 1.98. The molecule has 8 heteroatoms. The van der Waals surface area contributed by atoms with Crippen molar-refractivity contribution >= 4 is 28.3 Å². The summed E-state index contributed by atoms with van der Waals surface area (Å²) >= 11 is 0. The minimum atomic E-state index is -0.00181. The lowest BCUT2D eigenvalue weighted by molar-refractivity contribution is -0.125. The first-order valence-electron chi connectivity index (χ1n) is 12.9. The van der Waals surface area contributed by atoms with Crippen molar-refractivity contribution in [1.82, 2.24) is 25.3 Å². The molecule has 1 amide bonds. The zero-order valence-corrected chi connectivity index (χ0v) is 22.3. The SMILES string of the molecule is Cc1ccc(-n2nc3c(N4CCC(C(=O)NCc5ccc(N(C)C)cc5)CC4)nnc(C)c3c2C)cc1. The second kappa shape index (κ2) is 10.2. The van der Waals surface area contributed by atoms with Gasteiger partial charge in [0.25, 0.3) is 0 Å². The molecule has 0 saturated carbocycles. The van der Waals surface area contributed by atoms with Crippen molar-refractivity contribution in [2.75, 3.05) is 37.0 Å². The van der Waals surface area contributed by atoms with Crippen LogP contribution in [0.15, 0.2) is 48.5 Å². The molecule has 1 fully saturated rings. The molecule has 0 atom stereocenters. The van der Waals surface area contributed by atoms with Crippen molar-refractivity contribution in [3.05, 3.63) is 71.0 Å². The van der Waals surface area contributed by atoms with Gasteiger partial charge in [0.15, 0.2) is 5.82 Å². The van der Waals surface area contributed by atoms with E-state index in [1.165, 1.54) is 5.56 Å². The maximum atomic E-state index is 12.9. The molecule has 5 rings (SSSR count). The smallest absolute Gasteiger partial charge is 0.223 e. The number of nitrogens with zero attached hydrogens (tertiary/aromatic N) is 6. The number of piperidine rings is 1. The summed E-state index contributed by atoms with van der Waals surface area (Å²) in [7, 11) is 4.04. The van der Waals surface area contributed by atoms with Crippen molar-refractivity contribution in [3.63, 3.8) is 0 Å². The molecule has 0 unspecified atom stereocenters. The lowest BCUT2D eigenvalue weighted by Crippen LogP contribution is -2.40. The Bertz CT molecular complexity index is 1400. The molecule has 2 aromatic carbocycles. The summed E-state index contributed by atoms with van der Waals surface area (Å²) in [5.41, 5.74) is 7.30. The van der Waals surface area contributed by atoms with E-state index >= 15 is 0 Å². The number of carbonyl (C=O) groups is 1. The normalized spacial score (nSPS) is 14.2. The van der Waals surface area contributed by atoms with Crippen LogP contribution in [-0.4, -0.2) is 53.1 Å². The molecular weight excluding hydrogens is 462 g/mol. The van der Waals surface area contributed by atoms with Gasteiger partial charge in [-0.2, -0.15) is 10.2 Å². The lowest BCUT2D eigenvalue weighted by Gasteiger charge is -2.32. The molecule has 1 aliphatic rings. The predicted molar refractivity (Wildman–Crippen MR) is 148 cm³/mol. The number of hydrogen-bond acceptors (Lipinski definition) is 6. The van der Waals surface area contributed by atoms with Gasteiger partial charge in [-0.1, -0.05) is 29.8 Å².